The third-order valence-electron chi connectivity index (χ3n) is 8.76. The Morgan fingerprint density at radius 3 is 2.78 bits per heavy atom. The minimum atomic E-state index is -4.61. The number of phosphoric ester groups is 1. The zero-order valence-electron chi connectivity index (χ0n) is 27.4. The lowest BCUT2D eigenvalue weighted by molar-refractivity contribution is -0.245. The van der Waals surface area contributed by atoms with Crippen molar-refractivity contribution in [2.75, 3.05) is 30.0 Å². The number of aliphatic hydroxyl groups is 1. The number of thioether (sulfide) groups is 1. The molecule has 4 aliphatic rings. The fourth-order valence-electron chi connectivity index (χ4n) is 6.43. The lowest BCUT2D eigenvalue weighted by atomic mass is 9.90. The zero-order valence-corrected chi connectivity index (χ0v) is 30.0. The van der Waals surface area contributed by atoms with E-state index in [1.54, 1.807) is 24.3 Å². The highest BCUT2D eigenvalue weighted by molar-refractivity contribution is 7.99. The van der Waals surface area contributed by atoms with E-state index in [9.17, 15) is 34.4 Å². The molecule has 5 unspecified atom stereocenters. The minimum absolute atomic E-state index is 0.0566. The van der Waals surface area contributed by atoms with Gasteiger partial charge < -0.3 is 54.8 Å². The summed E-state index contributed by atoms with van der Waals surface area (Å²) in [6.07, 6.45) is -3.40. The van der Waals surface area contributed by atoms with Crippen molar-refractivity contribution in [3.63, 3.8) is 0 Å². The number of nitrogens with one attached hydrogen (secondary N) is 2. The summed E-state index contributed by atoms with van der Waals surface area (Å²) in [6, 6.07) is 13.4. The molecule has 21 heteroatoms. The van der Waals surface area contributed by atoms with Crippen LogP contribution in [0.4, 0.5) is 11.5 Å². The number of thiocarbonyl (C=S) groups is 1. The number of phosphoric acid groups is 1. The monoisotopic (exact) mass is 792 g/mol. The van der Waals surface area contributed by atoms with Crippen molar-refractivity contribution >= 4 is 76.5 Å². The summed E-state index contributed by atoms with van der Waals surface area (Å²) in [6.45, 7) is -0.0400. The van der Waals surface area contributed by atoms with Crippen LogP contribution in [-0.4, -0.2) is 83.1 Å². The van der Waals surface area contributed by atoms with Crippen LogP contribution in [0, 0.1) is 0 Å². The number of rotatable bonds is 8. The maximum Gasteiger partial charge on any atom is 0.336 e. The Morgan fingerprint density at radius 2 is 1.96 bits per heavy atom. The van der Waals surface area contributed by atoms with Crippen LogP contribution in [0.5, 0.6) is 5.75 Å². The molecule has 2 aromatic carbocycles. The van der Waals surface area contributed by atoms with Gasteiger partial charge in [0.2, 0.25) is 0 Å². The van der Waals surface area contributed by atoms with Gasteiger partial charge in [-0.1, -0.05) is 17.8 Å². The molecule has 1 aliphatic carbocycles. The molecule has 0 radical (unpaired) electrons. The molecule has 2 aromatic heterocycles. The van der Waals surface area contributed by atoms with E-state index in [1.807, 2.05) is 0 Å². The smallest absolute Gasteiger partial charge is 0.336 e. The number of benzene rings is 3. The number of aromatic hydroxyl groups is 1. The van der Waals surface area contributed by atoms with Gasteiger partial charge in [-0.15, -0.1) is 0 Å². The van der Waals surface area contributed by atoms with E-state index in [1.165, 1.54) is 53.0 Å². The summed E-state index contributed by atoms with van der Waals surface area (Å²) in [4.78, 5) is 49.5. The number of phenolic OH excluding ortho intramolecular Hbond substituents is 1. The molecule has 8 rings (SSSR count). The van der Waals surface area contributed by atoms with Gasteiger partial charge >= 0.3 is 5.97 Å². The van der Waals surface area contributed by atoms with Gasteiger partial charge in [0.05, 0.1) is 12.2 Å². The summed E-state index contributed by atoms with van der Waals surface area (Å²) >= 11 is 6.74. The van der Waals surface area contributed by atoms with Gasteiger partial charge in [-0.2, -0.15) is 0 Å². The molecule has 0 saturated carbocycles. The van der Waals surface area contributed by atoms with E-state index in [0.29, 0.717) is 45.2 Å². The van der Waals surface area contributed by atoms with Crippen LogP contribution in [0.3, 0.4) is 0 Å². The van der Waals surface area contributed by atoms with Gasteiger partial charge in [0, 0.05) is 46.6 Å². The highest BCUT2D eigenvalue weighted by Gasteiger charge is 2.51. The molecule has 3 aliphatic heterocycles. The van der Waals surface area contributed by atoms with Crippen molar-refractivity contribution in [1.82, 2.24) is 24.8 Å². The van der Waals surface area contributed by atoms with Gasteiger partial charge in [0.25, 0.3) is 7.82 Å². The number of nitrogens with zero attached hydrogens (tertiary/aromatic N) is 4. The Balaban J connectivity index is 0.990. The Labute approximate surface area is 312 Å². The van der Waals surface area contributed by atoms with Crippen molar-refractivity contribution in [3.05, 3.63) is 76.7 Å². The zero-order chi connectivity index (χ0) is 37.9. The number of hydrogen-bond acceptors (Lipinski definition) is 16. The van der Waals surface area contributed by atoms with Crippen molar-refractivity contribution in [3.8, 4) is 28.2 Å². The number of fused-ring (bicyclic) bond motifs is 4. The summed E-state index contributed by atoms with van der Waals surface area (Å²) in [5.74, 6) is -0.593. The second-order valence-corrected chi connectivity index (χ2v) is 15.0. The molecule has 7 N–H and O–H groups in total. The standard InChI is InChI=1S/C33H28N7O11PS2/c34-28-25-29(37-13-36-28)40(30-26(43)27-23(50-30)12-48-52(46,47)51-27)33(39-25)54-8-7-35-32(53)38-14-1-4-17(20(9-14)31(44)45)24-18-5-2-15(41)10-21(18)49-22-11-16(42)3-6-19(22)24/h1-6,9-11,13,23,26-27,30,41,43H,7-8,12H2,(H,44,45)(H,46,47)(H2,34,36,37)(H2,35,38,53)/p-1. The Kier molecular flexibility index (Phi) is 9.23. The summed E-state index contributed by atoms with van der Waals surface area (Å²) < 4.78 is 35.0. The number of ether oxygens (including phenoxy) is 1. The maximum atomic E-state index is 12.6. The number of carboxylic acid groups (broad SMARTS) is 1. The molecule has 0 bridgehead atoms. The van der Waals surface area contributed by atoms with E-state index >= 15 is 0 Å². The summed E-state index contributed by atoms with van der Waals surface area (Å²) in [7, 11) is -4.61. The van der Waals surface area contributed by atoms with Crippen LogP contribution in [-0.2, 0) is 18.3 Å². The van der Waals surface area contributed by atoms with Gasteiger partial charge in [-0.3, -0.25) is 13.9 Å². The quantitative estimate of drug-likeness (QED) is 0.0425. The third kappa shape index (κ3) is 6.62. The number of aliphatic hydroxyl groups excluding tert-OH is 1. The molecule has 0 amide bonds. The molecule has 278 valence electrons. The Morgan fingerprint density at radius 1 is 1.15 bits per heavy atom. The summed E-state index contributed by atoms with van der Waals surface area (Å²) in [5, 5.41) is 38.6. The molecule has 5 atom stereocenters. The molecule has 5 heterocycles. The molecule has 2 saturated heterocycles. The molecule has 2 fully saturated rings. The number of anilines is 2. The highest BCUT2D eigenvalue weighted by atomic mass is 32.2. The van der Waals surface area contributed by atoms with Crippen LogP contribution in [0.25, 0.3) is 44.6 Å². The van der Waals surface area contributed by atoms with Gasteiger partial charge in [-0.25, -0.2) is 19.7 Å². The molecule has 0 spiro atoms. The molecule has 54 heavy (non-hydrogen) atoms. The van der Waals surface area contributed by atoms with Crippen molar-refractivity contribution in [1.29, 1.82) is 0 Å². The average Bonchev–Trinajstić information content (AvgIpc) is 3.65. The van der Waals surface area contributed by atoms with Crippen LogP contribution in [0.2, 0.25) is 0 Å². The van der Waals surface area contributed by atoms with E-state index in [0.717, 1.165) is 0 Å². The predicted molar refractivity (Wildman–Crippen MR) is 196 cm³/mol. The van der Waals surface area contributed by atoms with Gasteiger partial charge in [0.15, 0.2) is 38.9 Å². The first-order chi connectivity index (χ1) is 25.9. The van der Waals surface area contributed by atoms with Crippen molar-refractivity contribution in [2.24, 2.45) is 0 Å². The number of carboxylic acids is 1. The maximum absolute atomic E-state index is 12.6. The van der Waals surface area contributed by atoms with Crippen molar-refractivity contribution in [2.45, 2.75) is 29.7 Å². The first-order valence-corrected chi connectivity index (χ1v) is 18.9. The lowest BCUT2D eigenvalue weighted by Gasteiger charge is -2.34. The number of aromatic carboxylic acids is 1. The van der Waals surface area contributed by atoms with E-state index < -0.39 is 38.3 Å². The Bertz CT molecular complexity index is 2570. The number of imidazole rings is 1. The second kappa shape index (κ2) is 13.9. The Hall–Kier alpha value is -5.18. The molecular formula is C33H27N7O11PS2-. The van der Waals surface area contributed by atoms with Gasteiger partial charge in [0.1, 0.15) is 41.7 Å². The normalized spacial score (nSPS) is 22.4. The van der Waals surface area contributed by atoms with E-state index in [-0.39, 0.29) is 56.8 Å². The lowest BCUT2D eigenvalue weighted by Crippen LogP contribution is -2.41. The number of phenols is 1. The number of nitrogens with two attached hydrogens (primary N) is 1. The van der Waals surface area contributed by atoms with Crippen LogP contribution < -0.4 is 26.7 Å². The molecule has 4 aromatic rings. The number of hydrogen-bond donors (Lipinski definition) is 6. The van der Waals surface area contributed by atoms with Gasteiger partial charge in [-0.05, 0) is 54.2 Å². The summed E-state index contributed by atoms with van der Waals surface area (Å²) in [5.41, 5.74) is 8.23. The number of carbonyl (C=O) groups is 1. The minimum Gasteiger partial charge on any atom is -0.756 e. The largest absolute Gasteiger partial charge is 0.756 e. The number of aromatic nitrogens is 4. The fourth-order valence-corrected chi connectivity index (χ4v) is 8.47. The average molecular weight is 793 g/mol. The molecule has 18 nitrogen and oxygen atoms in total. The predicted octanol–water partition coefficient (Wildman–Crippen LogP) is 2.91. The van der Waals surface area contributed by atoms with E-state index in [4.69, 9.17) is 36.2 Å². The number of nitrogen functional groups attached to an aromatic ring is 1. The third-order valence-corrected chi connectivity index (χ3v) is 10.9. The molecular weight excluding hydrogens is 766 g/mol. The van der Waals surface area contributed by atoms with Crippen molar-refractivity contribution < 1.29 is 47.8 Å². The van der Waals surface area contributed by atoms with E-state index in [2.05, 4.69) is 25.6 Å². The van der Waals surface area contributed by atoms with Crippen LogP contribution >= 0.6 is 31.8 Å². The second-order valence-electron chi connectivity index (χ2n) is 12.2. The SMILES string of the molecule is Nc1ncnc2c1nc(SCCNC(=S)Nc1ccc(-c3c4ccc(=O)cc-4oc4cc(O)ccc34)c(C(=O)O)c1)n2C1OC2COP(=O)([O-])OC2C1O. The van der Waals surface area contributed by atoms with Crippen LogP contribution in [0.15, 0.2) is 75.3 Å². The fraction of sp³-hybridized carbons (Fsp3) is 0.212. The highest BCUT2D eigenvalue weighted by Crippen LogP contribution is 2.50. The first-order valence-electron chi connectivity index (χ1n) is 16.1. The topological polar surface area (TPSA) is 269 Å². The van der Waals surface area contributed by atoms with Crippen LogP contribution in [0.1, 0.15) is 16.6 Å². The first kappa shape index (κ1) is 35.8.